The minimum atomic E-state index is -2.16. The van der Waals surface area contributed by atoms with Crippen molar-refractivity contribution < 1.29 is 67.3 Å². The number of carboxylic acids is 1. The molecule has 6 atom stereocenters. The summed E-state index contributed by atoms with van der Waals surface area (Å²) in [5.74, 6) is -11.9. The first-order chi connectivity index (χ1) is 32.0. The van der Waals surface area contributed by atoms with Crippen molar-refractivity contribution in [2.45, 2.75) is 139 Å². The molecule has 1 spiro atoms. The van der Waals surface area contributed by atoms with Crippen LogP contribution in [-0.2, 0) is 65.2 Å². The Morgan fingerprint density at radius 2 is 1.50 bits per heavy atom. The zero-order valence-corrected chi connectivity index (χ0v) is 38.7. The van der Waals surface area contributed by atoms with E-state index in [4.69, 9.17) is 11.5 Å². The van der Waals surface area contributed by atoms with Gasteiger partial charge in [0.2, 0.25) is 53.2 Å². The number of nitrogens with one attached hydrogen (secondary N) is 7. The molecule has 1 aromatic carbocycles. The van der Waals surface area contributed by atoms with Crippen LogP contribution < -0.4 is 48.7 Å². The molecular weight excluding hydrogens is 917 g/mol. The van der Waals surface area contributed by atoms with E-state index in [0.717, 1.165) is 12.1 Å². The first-order valence-electron chi connectivity index (χ1n) is 22.2. The van der Waals surface area contributed by atoms with Crippen molar-refractivity contribution in [2.24, 2.45) is 17.4 Å². The van der Waals surface area contributed by atoms with Crippen LogP contribution in [0, 0.1) is 16.0 Å². The number of nitro groups is 1. The van der Waals surface area contributed by atoms with Crippen LogP contribution in [0.2, 0.25) is 0 Å². The van der Waals surface area contributed by atoms with E-state index >= 15 is 0 Å². The number of aliphatic carboxylic acids is 1. The molecule has 0 aromatic heterocycles. The van der Waals surface area contributed by atoms with Crippen molar-refractivity contribution in [3.05, 3.63) is 33.9 Å². The Balaban J connectivity index is 2.12. The monoisotopic (exact) mass is 978 g/mol. The van der Waals surface area contributed by atoms with Crippen LogP contribution in [0.15, 0.2) is 18.2 Å². The van der Waals surface area contributed by atoms with Gasteiger partial charge in [-0.25, -0.2) is 0 Å². The quantitative estimate of drug-likeness (QED) is 0.0782. The van der Waals surface area contributed by atoms with Crippen LogP contribution in [0.25, 0.3) is 0 Å². The van der Waals surface area contributed by atoms with Crippen LogP contribution in [0.5, 0.6) is 5.75 Å². The second-order valence-corrected chi connectivity index (χ2v) is 18.8. The van der Waals surface area contributed by atoms with Gasteiger partial charge < -0.3 is 58.9 Å². The number of primary amides is 2. The lowest BCUT2D eigenvalue weighted by Gasteiger charge is -2.38. The SMILES string of the molecule is CC(C)C[C@@H]1NC(=O)[C@H](CCCC(=O)O)NC(=O)CS(=O)C[C@@H](C(N)=O)NC(=O)CCCCNC(=O)[C@H](CC(N)=O)NC(=O)C2(CCCCC2)NC(=O)[C@H](Cc2ccc(O)c([N+](=O)[O-])c2)NC1=O. The van der Waals surface area contributed by atoms with Gasteiger partial charge in [-0.3, -0.25) is 62.3 Å². The highest BCUT2D eigenvalue weighted by molar-refractivity contribution is 7.85. The fourth-order valence-electron chi connectivity index (χ4n) is 7.69. The number of nitrogens with zero attached hydrogens (tertiary/aromatic N) is 1. The van der Waals surface area contributed by atoms with Gasteiger partial charge in [-0.15, -0.1) is 0 Å². The van der Waals surface area contributed by atoms with E-state index in [1.54, 1.807) is 13.8 Å². The molecule has 68 heavy (non-hydrogen) atoms. The number of phenols is 1. The van der Waals surface area contributed by atoms with Crippen molar-refractivity contribution >= 4 is 75.6 Å². The lowest BCUT2D eigenvalue weighted by Crippen LogP contribution is -2.66. The lowest BCUT2D eigenvalue weighted by atomic mass is 9.80. The summed E-state index contributed by atoms with van der Waals surface area (Å²) in [6, 6.07) is -4.34. The van der Waals surface area contributed by atoms with Crippen molar-refractivity contribution in [2.75, 3.05) is 18.1 Å². The molecule has 1 aliphatic carbocycles. The standard InChI is InChI=1S/C42H62N10O15S/c1-23(2)17-26-39(62)49-27(18-24-12-13-31(53)30(19-24)52(65)66)40(63)51-42(14-5-3-6-15-42)41(64)50-28(20-32(43)54)37(60)45-16-7-4-10-33(55)47-29(36(44)59)21-68(67)22-34(56)46-25(38(61)48-26)9-8-11-35(57)58/h12-13,19,23,25-29,53H,3-11,14-18,20-22H2,1-2H3,(H2,43,54)(H2,44,59)(H,45,60)(H,46,56)(H,47,55)(H,48,61)(H,49,62)(H,50,64)(H,51,63)(H,57,58)/t25-,26-,27-,28-,29-,68?/m0/s1. The number of aromatic hydroxyl groups is 1. The number of carbonyl (C=O) groups is 10. The summed E-state index contributed by atoms with van der Waals surface area (Å²) in [4.78, 5) is 143. The largest absolute Gasteiger partial charge is 0.502 e. The number of amides is 9. The Labute approximate surface area is 393 Å². The van der Waals surface area contributed by atoms with Gasteiger partial charge in [0.15, 0.2) is 5.75 Å². The van der Waals surface area contributed by atoms with Crippen LogP contribution in [0.4, 0.5) is 5.69 Å². The minimum Gasteiger partial charge on any atom is -0.502 e. The van der Waals surface area contributed by atoms with Crippen LogP contribution in [-0.4, -0.2) is 132 Å². The van der Waals surface area contributed by atoms with Crippen molar-refractivity contribution in [1.82, 2.24) is 37.2 Å². The molecule has 1 saturated carbocycles. The van der Waals surface area contributed by atoms with Gasteiger partial charge in [-0.2, -0.15) is 0 Å². The van der Waals surface area contributed by atoms with Gasteiger partial charge in [-0.1, -0.05) is 39.2 Å². The molecule has 1 unspecified atom stereocenters. The first-order valence-corrected chi connectivity index (χ1v) is 23.7. The van der Waals surface area contributed by atoms with Crippen LogP contribution in [0.3, 0.4) is 0 Å². The molecule has 26 heteroatoms. The molecule has 25 nitrogen and oxygen atoms in total. The van der Waals surface area contributed by atoms with Gasteiger partial charge in [0, 0.05) is 42.7 Å². The predicted molar refractivity (Wildman–Crippen MR) is 241 cm³/mol. The maximum atomic E-state index is 14.5. The fourth-order valence-corrected chi connectivity index (χ4v) is 8.80. The van der Waals surface area contributed by atoms with Crippen LogP contribution in [0.1, 0.15) is 103 Å². The normalized spacial score (nSPS) is 24.4. The summed E-state index contributed by atoms with van der Waals surface area (Å²) in [5.41, 5.74) is 8.52. The molecular formula is C42H62N10O15S. The molecule has 13 N–H and O–H groups in total. The third-order valence-electron chi connectivity index (χ3n) is 11.2. The number of benzene rings is 1. The molecule has 3 rings (SSSR count). The third-order valence-corrected chi connectivity index (χ3v) is 12.5. The molecule has 0 radical (unpaired) electrons. The zero-order chi connectivity index (χ0) is 50.7. The van der Waals surface area contributed by atoms with E-state index in [-0.39, 0.29) is 69.4 Å². The second kappa shape index (κ2) is 26.6. The molecule has 0 bridgehead atoms. The van der Waals surface area contributed by atoms with Crippen molar-refractivity contribution in [3.8, 4) is 5.75 Å². The molecule has 1 aliphatic heterocycles. The van der Waals surface area contributed by atoms with E-state index in [0.29, 0.717) is 19.3 Å². The van der Waals surface area contributed by atoms with Crippen LogP contribution >= 0.6 is 0 Å². The number of carboxylic acid groups (broad SMARTS) is 1. The number of phenolic OH excluding ortho intramolecular Hbond substituents is 1. The van der Waals surface area contributed by atoms with Gasteiger partial charge >= 0.3 is 11.7 Å². The van der Waals surface area contributed by atoms with E-state index in [1.807, 2.05) is 0 Å². The summed E-state index contributed by atoms with van der Waals surface area (Å²) in [6.07, 6.45) is -0.346. The number of hydrogen-bond acceptors (Lipinski definition) is 14. The number of carbonyl (C=O) groups excluding carboxylic acids is 9. The zero-order valence-electron chi connectivity index (χ0n) is 37.9. The Bertz CT molecular complexity index is 2100. The average molecular weight is 979 g/mol. The Kier molecular flexibility index (Phi) is 21.7. The molecule has 376 valence electrons. The van der Waals surface area contributed by atoms with E-state index < -0.39 is 153 Å². The first kappa shape index (κ1) is 55.6. The summed E-state index contributed by atoms with van der Waals surface area (Å²) in [5, 5.41) is 48.9. The Hall–Kier alpha value is -6.73. The Morgan fingerprint density at radius 3 is 2.12 bits per heavy atom. The van der Waals surface area contributed by atoms with Gasteiger partial charge in [-0.05, 0) is 62.5 Å². The van der Waals surface area contributed by atoms with Gasteiger partial charge in [0.1, 0.15) is 41.5 Å². The molecule has 1 saturated heterocycles. The van der Waals surface area contributed by atoms with Crippen molar-refractivity contribution in [3.63, 3.8) is 0 Å². The number of nitro benzene ring substituents is 1. The minimum absolute atomic E-state index is 0.0358. The van der Waals surface area contributed by atoms with Crippen molar-refractivity contribution in [1.29, 1.82) is 0 Å². The van der Waals surface area contributed by atoms with Gasteiger partial charge in [0.05, 0.1) is 17.1 Å². The summed E-state index contributed by atoms with van der Waals surface area (Å²) >= 11 is 0. The third kappa shape index (κ3) is 18.2. The predicted octanol–water partition coefficient (Wildman–Crippen LogP) is -2.20. The topological polar surface area (TPSA) is 408 Å². The maximum Gasteiger partial charge on any atom is 0.310 e. The summed E-state index contributed by atoms with van der Waals surface area (Å²) < 4.78 is 13.1. The Morgan fingerprint density at radius 1 is 0.838 bits per heavy atom. The summed E-state index contributed by atoms with van der Waals surface area (Å²) in [7, 11) is -2.16. The van der Waals surface area contributed by atoms with E-state index in [2.05, 4.69) is 37.2 Å². The molecule has 2 fully saturated rings. The van der Waals surface area contributed by atoms with E-state index in [9.17, 15) is 72.5 Å². The summed E-state index contributed by atoms with van der Waals surface area (Å²) in [6.45, 7) is 3.36. The molecule has 1 aromatic rings. The van der Waals surface area contributed by atoms with E-state index in [1.165, 1.54) is 6.07 Å². The maximum absolute atomic E-state index is 14.5. The van der Waals surface area contributed by atoms with Gasteiger partial charge in [0.25, 0.3) is 0 Å². The molecule has 1 heterocycles. The highest BCUT2D eigenvalue weighted by Crippen LogP contribution is 2.30. The number of hydrogen-bond donors (Lipinski definition) is 11. The number of nitrogens with two attached hydrogens (primary N) is 2. The molecule has 2 aliphatic rings. The highest BCUT2D eigenvalue weighted by Gasteiger charge is 2.44. The average Bonchev–Trinajstić information content (AvgIpc) is 3.24. The number of rotatable bonds is 12. The second-order valence-electron chi connectivity index (χ2n) is 17.3. The smallest absolute Gasteiger partial charge is 0.310 e. The molecule has 9 amide bonds. The fraction of sp³-hybridized carbons (Fsp3) is 0.619. The lowest BCUT2D eigenvalue weighted by molar-refractivity contribution is -0.385. The highest BCUT2D eigenvalue weighted by atomic mass is 32.2.